The minimum Gasteiger partial charge on any atom is -0.399 e. The first-order chi connectivity index (χ1) is 10.6. The second kappa shape index (κ2) is 5.28. The molecule has 0 saturated carbocycles. The lowest BCUT2D eigenvalue weighted by Crippen LogP contribution is -2.41. The molecule has 3 rings (SSSR count). The molecule has 0 atom stereocenters. The van der Waals surface area contributed by atoms with Crippen LogP contribution in [-0.2, 0) is 22.8 Å². The standard InChI is InChI=1S/C16H21BF2N2O2/c1-15(2)16(3,4)23-17(22-15)12-6-10(8-13(18)19)14-11(7-12)9-21(5)20-14/h6-7,9,13H,8H2,1-5H3. The van der Waals surface area contributed by atoms with Crippen LogP contribution in [0.25, 0.3) is 10.9 Å². The lowest BCUT2D eigenvalue weighted by molar-refractivity contribution is 0.00578. The third-order valence-electron chi connectivity index (χ3n) is 4.72. The summed E-state index contributed by atoms with van der Waals surface area (Å²) in [6, 6.07) is 3.63. The molecule has 0 bridgehead atoms. The number of alkyl halides is 2. The summed E-state index contributed by atoms with van der Waals surface area (Å²) in [5.41, 5.74) is 0.935. The fourth-order valence-corrected chi connectivity index (χ4v) is 2.79. The van der Waals surface area contributed by atoms with Gasteiger partial charge in [0.15, 0.2) is 0 Å². The summed E-state index contributed by atoms with van der Waals surface area (Å²) in [7, 11) is 1.21. The minimum absolute atomic E-state index is 0.332. The molecular formula is C16H21BF2N2O2. The summed E-state index contributed by atoms with van der Waals surface area (Å²) in [5, 5.41) is 5.11. The van der Waals surface area contributed by atoms with Gasteiger partial charge in [-0.1, -0.05) is 12.1 Å². The highest BCUT2D eigenvalue weighted by Gasteiger charge is 2.51. The number of aryl methyl sites for hydroxylation is 1. The Morgan fingerprint density at radius 1 is 1.17 bits per heavy atom. The van der Waals surface area contributed by atoms with Crippen molar-refractivity contribution < 1.29 is 18.1 Å². The van der Waals surface area contributed by atoms with Gasteiger partial charge in [-0.25, -0.2) is 8.78 Å². The Bertz CT molecular complexity index is 727. The van der Waals surface area contributed by atoms with Crippen LogP contribution < -0.4 is 5.46 Å². The molecule has 0 unspecified atom stereocenters. The van der Waals surface area contributed by atoms with Crippen LogP contribution in [0.15, 0.2) is 18.3 Å². The summed E-state index contributed by atoms with van der Waals surface area (Å²) in [6.07, 6.45) is -0.936. The quantitative estimate of drug-likeness (QED) is 0.815. The van der Waals surface area contributed by atoms with Crippen LogP contribution in [0.1, 0.15) is 33.3 Å². The van der Waals surface area contributed by atoms with Gasteiger partial charge in [-0.3, -0.25) is 4.68 Å². The first-order valence-corrected chi connectivity index (χ1v) is 7.69. The summed E-state index contributed by atoms with van der Waals surface area (Å²) in [6.45, 7) is 7.87. The summed E-state index contributed by atoms with van der Waals surface area (Å²) in [5.74, 6) is 0. The van der Waals surface area contributed by atoms with Crippen molar-refractivity contribution in [1.29, 1.82) is 0 Å². The number of aromatic nitrogens is 2. The van der Waals surface area contributed by atoms with E-state index in [0.29, 0.717) is 11.1 Å². The van der Waals surface area contributed by atoms with Gasteiger partial charge in [-0.05, 0) is 38.7 Å². The van der Waals surface area contributed by atoms with Gasteiger partial charge in [0.05, 0.1) is 16.7 Å². The van der Waals surface area contributed by atoms with E-state index in [9.17, 15) is 8.78 Å². The van der Waals surface area contributed by atoms with E-state index in [1.54, 1.807) is 17.8 Å². The molecule has 0 radical (unpaired) electrons. The molecule has 1 aromatic carbocycles. The molecule has 0 spiro atoms. The fourth-order valence-electron chi connectivity index (χ4n) is 2.79. The van der Waals surface area contributed by atoms with Crippen molar-refractivity contribution in [2.24, 2.45) is 7.05 Å². The molecule has 0 amide bonds. The topological polar surface area (TPSA) is 36.3 Å². The van der Waals surface area contributed by atoms with Crippen molar-refractivity contribution in [1.82, 2.24) is 9.78 Å². The molecule has 1 fully saturated rings. The molecule has 2 heterocycles. The van der Waals surface area contributed by atoms with Crippen molar-refractivity contribution in [3.05, 3.63) is 23.9 Å². The number of halogens is 2. The number of fused-ring (bicyclic) bond motifs is 1. The highest BCUT2D eigenvalue weighted by Crippen LogP contribution is 2.36. The second-order valence-corrected chi connectivity index (χ2v) is 7.10. The Hall–Kier alpha value is -1.47. The molecule has 1 saturated heterocycles. The van der Waals surface area contributed by atoms with Crippen molar-refractivity contribution >= 4 is 23.5 Å². The van der Waals surface area contributed by atoms with Crippen molar-refractivity contribution in [3.8, 4) is 0 Å². The lowest BCUT2D eigenvalue weighted by atomic mass is 9.77. The average Bonchev–Trinajstić information content (AvgIpc) is 2.86. The van der Waals surface area contributed by atoms with Crippen LogP contribution in [0.4, 0.5) is 8.78 Å². The molecule has 4 nitrogen and oxygen atoms in total. The Kier molecular flexibility index (Phi) is 3.76. The minimum atomic E-state index is -2.42. The van der Waals surface area contributed by atoms with E-state index in [4.69, 9.17) is 9.31 Å². The fraction of sp³-hybridized carbons (Fsp3) is 0.562. The molecule has 7 heteroatoms. The Morgan fingerprint density at radius 2 is 1.78 bits per heavy atom. The smallest absolute Gasteiger partial charge is 0.399 e. The van der Waals surface area contributed by atoms with Crippen LogP contribution >= 0.6 is 0 Å². The van der Waals surface area contributed by atoms with Gasteiger partial charge in [0.1, 0.15) is 0 Å². The number of hydrogen-bond acceptors (Lipinski definition) is 3. The first kappa shape index (κ1) is 16.4. The summed E-state index contributed by atoms with van der Waals surface area (Å²) >= 11 is 0. The zero-order chi connectivity index (χ0) is 17.0. The zero-order valence-electron chi connectivity index (χ0n) is 14.1. The van der Waals surface area contributed by atoms with E-state index in [1.807, 2.05) is 40.0 Å². The number of rotatable bonds is 3. The van der Waals surface area contributed by atoms with Gasteiger partial charge >= 0.3 is 7.12 Å². The van der Waals surface area contributed by atoms with E-state index in [1.165, 1.54) is 0 Å². The molecular weight excluding hydrogens is 301 g/mol. The molecule has 23 heavy (non-hydrogen) atoms. The highest BCUT2D eigenvalue weighted by atomic mass is 19.3. The normalized spacial score (nSPS) is 19.9. The number of hydrogen-bond donors (Lipinski definition) is 0. The van der Waals surface area contributed by atoms with Gasteiger partial charge in [0.25, 0.3) is 0 Å². The predicted molar refractivity (Wildman–Crippen MR) is 86.1 cm³/mol. The molecule has 0 N–H and O–H groups in total. The van der Waals surface area contributed by atoms with E-state index < -0.39 is 24.7 Å². The van der Waals surface area contributed by atoms with Gasteiger partial charge in [0.2, 0.25) is 6.43 Å². The molecule has 1 aliphatic heterocycles. The largest absolute Gasteiger partial charge is 0.494 e. The molecule has 1 aromatic heterocycles. The molecule has 0 aliphatic carbocycles. The van der Waals surface area contributed by atoms with E-state index in [0.717, 1.165) is 10.8 Å². The van der Waals surface area contributed by atoms with Gasteiger partial charge in [-0.15, -0.1) is 0 Å². The monoisotopic (exact) mass is 322 g/mol. The van der Waals surface area contributed by atoms with Crippen LogP contribution in [0.2, 0.25) is 0 Å². The van der Waals surface area contributed by atoms with Gasteiger partial charge in [0, 0.05) is 25.1 Å². The summed E-state index contributed by atoms with van der Waals surface area (Å²) in [4.78, 5) is 0. The molecule has 2 aromatic rings. The van der Waals surface area contributed by atoms with E-state index in [2.05, 4.69) is 5.10 Å². The first-order valence-electron chi connectivity index (χ1n) is 7.69. The van der Waals surface area contributed by atoms with Crippen LogP contribution in [0.5, 0.6) is 0 Å². The van der Waals surface area contributed by atoms with Gasteiger partial charge in [-0.2, -0.15) is 5.10 Å². The Balaban J connectivity index is 2.05. The number of nitrogens with zero attached hydrogens (tertiary/aromatic N) is 2. The van der Waals surface area contributed by atoms with E-state index >= 15 is 0 Å². The van der Waals surface area contributed by atoms with Crippen molar-refractivity contribution in [2.75, 3.05) is 0 Å². The van der Waals surface area contributed by atoms with Crippen molar-refractivity contribution in [2.45, 2.75) is 51.7 Å². The SMILES string of the molecule is Cn1cc2cc(B3OC(C)(C)C(C)(C)O3)cc(CC(F)F)c2n1. The molecule has 124 valence electrons. The summed E-state index contributed by atoms with van der Waals surface area (Å²) < 4.78 is 39.5. The second-order valence-electron chi connectivity index (χ2n) is 7.10. The van der Waals surface area contributed by atoms with Crippen molar-refractivity contribution in [3.63, 3.8) is 0 Å². The average molecular weight is 322 g/mol. The third kappa shape index (κ3) is 2.88. The van der Waals surface area contributed by atoms with Gasteiger partial charge < -0.3 is 9.31 Å². The predicted octanol–water partition coefficient (Wildman–Crippen LogP) is 2.68. The van der Waals surface area contributed by atoms with Crippen LogP contribution in [0, 0.1) is 0 Å². The number of benzene rings is 1. The van der Waals surface area contributed by atoms with E-state index in [-0.39, 0.29) is 6.42 Å². The Morgan fingerprint density at radius 3 is 2.35 bits per heavy atom. The lowest BCUT2D eigenvalue weighted by Gasteiger charge is -2.32. The van der Waals surface area contributed by atoms with Crippen LogP contribution in [0.3, 0.4) is 0 Å². The maximum Gasteiger partial charge on any atom is 0.494 e. The maximum atomic E-state index is 12.9. The third-order valence-corrected chi connectivity index (χ3v) is 4.72. The zero-order valence-corrected chi connectivity index (χ0v) is 14.1. The maximum absolute atomic E-state index is 12.9. The highest BCUT2D eigenvalue weighted by molar-refractivity contribution is 6.62. The Labute approximate surface area is 134 Å². The van der Waals surface area contributed by atoms with Crippen LogP contribution in [-0.4, -0.2) is 34.5 Å². The molecule has 1 aliphatic rings.